The zero-order valence-electron chi connectivity index (χ0n) is 14.9. The Morgan fingerprint density at radius 3 is 2.29 bits per heavy atom. The fraction of sp³-hybridized carbons (Fsp3) is 0.350. The largest absolute Gasteiger partial charge is 0.294 e. The molecule has 2 aromatic carbocycles. The first kappa shape index (κ1) is 20.8. The lowest BCUT2D eigenvalue weighted by Crippen LogP contribution is -2.23. The molecule has 24 heavy (non-hydrogen) atoms. The van der Waals surface area contributed by atoms with E-state index >= 15 is 0 Å². The maximum atomic E-state index is 12.3. The van der Waals surface area contributed by atoms with E-state index in [1.807, 2.05) is 31.2 Å². The second-order valence-corrected chi connectivity index (χ2v) is 5.94. The molecular weight excluding hydrogens is 338 g/mol. The molecule has 1 aliphatic rings. The number of hydrogen-bond donors (Lipinski definition) is 0. The van der Waals surface area contributed by atoms with E-state index in [1.165, 1.54) is 42.1 Å². The van der Waals surface area contributed by atoms with Gasteiger partial charge in [-0.1, -0.05) is 72.2 Å². The summed E-state index contributed by atoms with van der Waals surface area (Å²) < 4.78 is 0. The summed E-state index contributed by atoms with van der Waals surface area (Å²) >= 11 is 9.28. The summed E-state index contributed by atoms with van der Waals surface area (Å²) in [4.78, 5) is 12.3. The summed E-state index contributed by atoms with van der Waals surface area (Å²) in [5.74, 6) is 0.204. The molecule has 0 fully saturated rings. The van der Waals surface area contributed by atoms with Gasteiger partial charge in [0.2, 0.25) is 0 Å². The van der Waals surface area contributed by atoms with Crippen LogP contribution >= 0.6 is 23.2 Å². The number of alkyl halides is 2. The number of carbonyl (C=O) groups is 1. The number of fused-ring (bicyclic) bond motifs is 1. The normalized spacial score (nSPS) is 11.7. The number of halogens is 2. The third kappa shape index (κ3) is 5.39. The molecular formula is C20H25BCl2O. The molecule has 0 radical (unpaired) electrons. The fourth-order valence-corrected chi connectivity index (χ4v) is 3.00. The Morgan fingerprint density at radius 2 is 1.67 bits per heavy atom. The molecule has 0 saturated carbocycles. The van der Waals surface area contributed by atoms with Crippen LogP contribution in [0.3, 0.4) is 0 Å². The van der Waals surface area contributed by atoms with Crippen molar-refractivity contribution in [2.45, 2.75) is 32.9 Å². The monoisotopic (exact) mass is 362 g/mol. The van der Waals surface area contributed by atoms with Crippen molar-refractivity contribution in [3.05, 3.63) is 64.7 Å². The SMILES string of the molecule is CB1CCc2ccc(CC(=O)c3ccc(C)cc3)cc21.CCl.CCl. The quantitative estimate of drug-likeness (QED) is 0.425. The molecule has 0 N–H and O–H groups in total. The number of aryl methyl sites for hydroxylation is 2. The van der Waals surface area contributed by atoms with E-state index in [0.717, 1.165) is 11.1 Å². The van der Waals surface area contributed by atoms with E-state index in [2.05, 4.69) is 48.2 Å². The van der Waals surface area contributed by atoms with Crippen LogP contribution in [0, 0.1) is 6.92 Å². The van der Waals surface area contributed by atoms with Crippen LogP contribution in [0.4, 0.5) is 0 Å². The Labute approximate surface area is 156 Å². The van der Waals surface area contributed by atoms with Gasteiger partial charge >= 0.3 is 0 Å². The Balaban J connectivity index is 0.000000671. The second-order valence-electron chi connectivity index (χ2n) is 5.94. The molecule has 0 unspecified atom stereocenters. The van der Waals surface area contributed by atoms with Crippen LogP contribution < -0.4 is 5.46 Å². The van der Waals surface area contributed by atoms with Gasteiger partial charge in [0.1, 0.15) is 0 Å². The van der Waals surface area contributed by atoms with Gasteiger partial charge in [-0.15, -0.1) is 23.2 Å². The first-order valence-corrected chi connectivity index (χ1v) is 9.62. The Kier molecular flexibility index (Phi) is 9.17. The van der Waals surface area contributed by atoms with Crippen LogP contribution in [-0.4, -0.2) is 25.3 Å². The van der Waals surface area contributed by atoms with Gasteiger partial charge in [-0.3, -0.25) is 4.79 Å². The standard InChI is InChI=1S/C18H19BO.2CH3Cl/c1-13-3-6-16(7-4-13)18(20)12-14-5-8-15-9-10-19(2)17(15)11-14;2*1-2/h3-8,11H,9-10,12H2,1-2H3;2*1H3. The highest BCUT2D eigenvalue weighted by molar-refractivity contribution is 6.73. The van der Waals surface area contributed by atoms with Crippen LogP contribution in [0.1, 0.15) is 27.0 Å². The predicted octanol–water partition coefficient (Wildman–Crippen LogP) is 5.02. The van der Waals surface area contributed by atoms with Gasteiger partial charge in [0, 0.05) is 24.8 Å². The minimum absolute atomic E-state index is 0.204. The van der Waals surface area contributed by atoms with E-state index in [4.69, 9.17) is 0 Å². The highest BCUT2D eigenvalue weighted by Gasteiger charge is 2.21. The highest BCUT2D eigenvalue weighted by atomic mass is 35.5. The Morgan fingerprint density at radius 1 is 1.04 bits per heavy atom. The Bertz CT molecular complexity index is 653. The third-order valence-corrected chi connectivity index (χ3v) is 4.33. The molecule has 0 atom stereocenters. The van der Waals surface area contributed by atoms with Gasteiger partial charge in [-0.05, 0) is 18.9 Å². The molecule has 1 heterocycles. The maximum absolute atomic E-state index is 12.3. The molecule has 1 nitrogen and oxygen atoms in total. The van der Waals surface area contributed by atoms with Crippen molar-refractivity contribution in [1.82, 2.24) is 0 Å². The molecule has 0 saturated heterocycles. The third-order valence-electron chi connectivity index (χ3n) is 4.33. The molecule has 3 rings (SSSR count). The summed E-state index contributed by atoms with van der Waals surface area (Å²) in [5.41, 5.74) is 6.04. The lowest BCUT2D eigenvalue weighted by atomic mass is 9.48. The van der Waals surface area contributed by atoms with Crippen molar-refractivity contribution in [1.29, 1.82) is 0 Å². The van der Waals surface area contributed by atoms with Crippen molar-refractivity contribution in [2.75, 3.05) is 12.8 Å². The van der Waals surface area contributed by atoms with Gasteiger partial charge < -0.3 is 0 Å². The zero-order valence-corrected chi connectivity index (χ0v) is 16.4. The van der Waals surface area contributed by atoms with Crippen LogP contribution in [0.5, 0.6) is 0 Å². The Hall–Kier alpha value is -1.25. The van der Waals surface area contributed by atoms with Crippen LogP contribution in [0.15, 0.2) is 42.5 Å². The first-order valence-electron chi connectivity index (χ1n) is 8.10. The zero-order chi connectivity index (χ0) is 18.1. The summed E-state index contributed by atoms with van der Waals surface area (Å²) in [6.45, 7) is 4.95. The molecule has 4 heteroatoms. The molecule has 1 aliphatic heterocycles. The van der Waals surface area contributed by atoms with Crippen molar-refractivity contribution in [3.63, 3.8) is 0 Å². The van der Waals surface area contributed by atoms with Crippen molar-refractivity contribution < 1.29 is 4.79 Å². The van der Waals surface area contributed by atoms with Gasteiger partial charge in [0.15, 0.2) is 12.5 Å². The van der Waals surface area contributed by atoms with E-state index in [0.29, 0.717) is 13.1 Å². The smallest absolute Gasteiger partial charge is 0.173 e. The number of benzene rings is 2. The lowest BCUT2D eigenvalue weighted by molar-refractivity contribution is 0.0993. The number of rotatable bonds is 3. The van der Waals surface area contributed by atoms with Gasteiger partial charge in [-0.2, -0.15) is 0 Å². The number of carbonyl (C=O) groups excluding carboxylic acids is 1. The second kappa shape index (κ2) is 10.6. The lowest BCUT2D eigenvalue weighted by Gasteiger charge is -2.07. The predicted molar refractivity (Wildman–Crippen MR) is 109 cm³/mol. The minimum atomic E-state index is 0.204. The molecule has 0 spiro atoms. The van der Waals surface area contributed by atoms with E-state index in [-0.39, 0.29) is 5.78 Å². The first-order chi connectivity index (χ1) is 11.6. The molecule has 0 aromatic heterocycles. The summed E-state index contributed by atoms with van der Waals surface area (Å²) in [6.07, 6.45) is 5.87. The van der Waals surface area contributed by atoms with Crippen LogP contribution in [0.25, 0.3) is 0 Å². The number of ketones is 1. The summed E-state index contributed by atoms with van der Waals surface area (Å²) in [6, 6.07) is 14.4. The average molecular weight is 363 g/mol. The van der Waals surface area contributed by atoms with Crippen molar-refractivity contribution in [3.8, 4) is 0 Å². The van der Waals surface area contributed by atoms with Gasteiger partial charge in [0.05, 0.1) is 0 Å². The minimum Gasteiger partial charge on any atom is -0.294 e. The molecule has 0 amide bonds. The molecule has 128 valence electrons. The maximum Gasteiger partial charge on any atom is 0.173 e. The molecule has 2 aromatic rings. The van der Waals surface area contributed by atoms with Gasteiger partial charge in [0.25, 0.3) is 0 Å². The number of Topliss-reactive ketones (excluding diaryl/α,β-unsaturated/α-hetero) is 1. The summed E-state index contributed by atoms with van der Waals surface area (Å²) in [7, 11) is 0. The molecule has 0 bridgehead atoms. The fourth-order valence-electron chi connectivity index (χ4n) is 3.00. The van der Waals surface area contributed by atoms with E-state index in [9.17, 15) is 4.79 Å². The highest BCUT2D eigenvalue weighted by Crippen LogP contribution is 2.17. The topological polar surface area (TPSA) is 17.1 Å². The van der Waals surface area contributed by atoms with Gasteiger partial charge in [-0.25, -0.2) is 0 Å². The number of hydrogen-bond acceptors (Lipinski definition) is 1. The summed E-state index contributed by atoms with van der Waals surface area (Å²) in [5, 5.41) is 0. The van der Waals surface area contributed by atoms with Crippen molar-refractivity contribution in [2.24, 2.45) is 0 Å². The average Bonchev–Trinajstić information content (AvgIpc) is 3.00. The van der Waals surface area contributed by atoms with Crippen LogP contribution in [-0.2, 0) is 12.8 Å². The molecule has 0 aliphatic carbocycles. The van der Waals surface area contributed by atoms with E-state index < -0.39 is 0 Å². The van der Waals surface area contributed by atoms with Crippen molar-refractivity contribution >= 4 is 41.2 Å². The van der Waals surface area contributed by atoms with E-state index in [1.54, 1.807) is 0 Å². The van der Waals surface area contributed by atoms with Crippen LogP contribution in [0.2, 0.25) is 13.1 Å².